The van der Waals surface area contributed by atoms with Gasteiger partial charge in [-0.15, -0.1) is 0 Å². The first-order valence-corrected chi connectivity index (χ1v) is 14.4. The Morgan fingerprint density at radius 3 is 2.00 bits per heavy atom. The van der Waals surface area contributed by atoms with Crippen molar-refractivity contribution in [3.63, 3.8) is 0 Å². The minimum Gasteiger partial charge on any atom is -0.485 e. The van der Waals surface area contributed by atoms with Gasteiger partial charge in [0, 0.05) is 11.5 Å². The fraction of sp³-hybridized carbons (Fsp3) is 0.0476. The van der Waals surface area contributed by atoms with Crippen molar-refractivity contribution in [2.75, 3.05) is 0 Å². The molecule has 1 nitrogen and oxygen atoms in total. The summed E-state index contributed by atoms with van der Waals surface area (Å²) in [6.45, 7) is 0. The Labute approximate surface area is 260 Å². The highest BCUT2D eigenvalue weighted by atomic mass is 16.5. The maximum atomic E-state index is 9.35. The molecular formula is C42H28O. The molecule has 2 unspecified atom stereocenters. The van der Waals surface area contributed by atoms with Gasteiger partial charge in [-0.1, -0.05) is 139 Å². The summed E-state index contributed by atoms with van der Waals surface area (Å²) in [5.74, 6) is 0.883. The van der Waals surface area contributed by atoms with Crippen LogP contribution in [0.2, 0.25) is 0 Å². The van der Waals surface area contributed by atoms with E-state index in [0.717, 1.165) is 55.1 Å². The molecule has 9 rings (SSSR count). The predicted octanol–water partition coefficient (Wildman–Crippen LogP) is 11.0. The van der Waals surface area contributed by atoms with Gasteiger partial charge < -0.3 is 4.74 Å². The zero-order valence-corrected chi connectivity index (χ0v) is 23.0. The molecule has 1 aliphatic carbocycles. The van der Waals surface area contributed by atoms with E-state index < -0.39 is 18.1 Å². The van der Waals surface area contributed by atoms with Crippen molar-refractivity contribution in [1.29, 1.82) is 0 Å². The summed E-state index contributed by atoms with van der Waals surface area (Å²) in [4.78, 5) is 0. The Morgan fingerprint density at radius 2 is 1.26 bits per heavy atom. The molecule has 2 aliphatic rings. The average Bonchev–Trinajstić information content (AvgIpc) is 3.51. The van der Waals surface area contributed by atoms with Gasteiger partial charge in [-0.25, -0.2) is 0 Å². The van der Waals surface area contributed by atoms with E-state index in [0.29, 0.717) is 5.56 Å². The van der Waals surface area contributed by atoms with Crippen LogP contribution in [0.25, 0.3) is 60.1 Å². The van der Waals surface area contributed by atoms with Gasteiger partial charge in [-0.3, -0.25) is 0 Å². The predicted molar refractivity (Wildman–Crippen MR) is 181 cm³/mol. The van der Waals surface area contributed by atoms with Crippen molar-refractivity contribution < 1.29 is 14.3 Å². The molecule has 2 atom stereocenters. The molecule has 0 N–H and O–H groups in total. The lowest BCUT2D eigenvalue weighted by molar-refractivity contribution is 0.269. The lowest BCUT2D eigenvalue weighted by Crippen LogP contribution is -2.17. The number of allylic oxidation sites excluding steroid dienone is 2. The van der Waals surface area contributed by atoms with E-state index in [4.69, 9.17) is 11.6 Å². The van der Waals surface area contributed by atoms with E-state index in [1.165, 1.54) is 0 Å². The largest absolute Gasteiger partial charge is 0.485 e. The maximum Gasteiger partial charge on any atom is 0.128 e. The fourth-order valence-corrected chi connectivity index (χ4v) is 6.69. The second kappa shape index (κ2) is 9.58. The molecule has 1 heteroatoms. The SMILES string of the molecule is [2H]c1c([2H])c([2H])c2c([2H])c(-c3c4ccccc4c(C4=CC5c6ccc(-c7ccccc7)cc6OC5C=C4)c4ccccc34)c([2H])c([2H])c2c1[2H]. The summed E-state index contributed by atoms with van der Waals surface area (Å²) in [7, 11) is 0. The molecule has 0 saturated carbocycles. The number of fused-ring (bicyclic) bond motifs is 6. The van der Waals surface area contributed by atoms with Crippen LogP contribution in [0.3, 0.4) is 0 Å². The third kappa shape index (κ3) is 3.86. The summed E-state index contributed by atoms with van der Waals surface area (Å²) in [6.07, 6.45) is 6.37. The van der Waals surface area contributed by atoms with Crippen LogP contribution in [-0.4, -0.2) is 6.10 Å². The highest BCUT2D eigenvalue weighted by Gasteiger charge is 2.34. The van der Waals surface area contributed by atoms with Crippen LogP contribution < -0.4 is 4.74 Å². The van der Waals surface area contributed by atoms with Gasteiger partial charge in [-0.2, -0.15) is 0 Å². The van der Waals surface area contributed by atoms with Gasteiger partial charge in [0.25, 0.3) is 0 Å². The van der Waals surface area contributed by atoms with Gasteiger partial charge in [0.05, 0.1) is 9.60 Å². The van der Waals surface area contributed by atoms with Crippen LogP contribution in [0.15, 0.2) is 158 Å². The van der Waals surface area contributed by atoms with Gasteiger partial charge in [0.1, 0.15) is 11.9 Å². The number of hydrogen-bond acceptors (Lipinski definition) is 1. The minimum atomic E-state index is -0.481. The Hall–Kier alpha value is -5.40. The van der Waals surface area contributed by atoms with Crippen LogP contribution in [-0.2, 0) is 0 Å². The van der Waals surface area contributed by atoms with E-state index in [9.17, 15) is 2.74 Å². The molecule has 43 heavy (non-hydrogen) atoms. The minimum absolute atomic E-state index is 0.00797. The van der Waals surface area contributed by atoms with Crippen molar-refractivity contribution in [1.82, 2.24) is 0 Å². The maximum absolute atomic E-state index is 9.35. The highest BCUT2D eigenvalue weighted by Crippen LogP contribution is 2.48. The lowest BCUT2D eigenvalue weighted by atomic mass is 9.81. The normalized spacial score (nSPS) is 19.3. The monoisotopic (exact) mass is 555 g/mol. The second-order valence-corrected chi connectivity index (χ2v) is 11.0. The average molecular weight is 556 g/mol. The molecule has 202 valence electrons. The standard InChI is InChI=1S/C42H28O/c1-2-10-27(11-3-1)30-20-22-33-38-25-32(21-23-39(38)43-40(33)26-30)42-36-16-8-6-14-34(36)41(35-15-7-9-17-37(35)42)31-19-18-28-12-4-5-13-29(28)24-31/h1-26,38-39H/i4D,5D,12D,13D,18D,19D,24D. The van der Waals surface area contributed by atoms with Crippen LogP contribution in [0.5, 0.6) is 5.75 Å². The Morgan fingerprint density at radius 1 is 0.581 bits per heavy atom. The van der Waals surface area contributed by atoms with Crippen LogP contribution in [0.4, 0.5) is 0 Å². The van der Waals surface area contributed by atoms with E-state index in [2.05, 4.69) is 48.6 Å². The van der Waals surface area contributed by atoms with Crippen molar-refractivity contribution in [3.8, 4) is 28.0 Å². The van der Waals surface area contributed by atoms with E-state index >= 15 is 0 Å². The zero-order valence-electron chi connectivity index (χ0n) is 30.0. The Kier molecular flexibility index (Phi) is 4.05. The first-order chi connectivity index (χ1) is 24.2. The van der Waals surface area contributed by atoms with Crippen LogP contribution in [0, 0.1) is 0 Å². The summed E-state index contributed by atoms with van der Waals surface area (Å²) >= 11 is 0. The summed E-state index contributed by atoms with van der Waals surface area (Å²) in [5.41, 5.74) is 6.17. The molecule has 1 aliphatic heterocycles. The molecule has 0 radical (unpaired) electrons. The molecule has 0 saturated heterocycles. The zero-order chi connectivity index (χ0) is 34.4. The van der Waals surface area contributed by atoms with Gasteiger partial charge in [0.2, 0.25) is 0 Å². The quantitative estimate of drug-likeness (QED) is 0.197. The lowest BCUT2D eigenvalue weighted by Gasteiger charge is -2.22. The van der Waals surface area contributed by atoms with E-state index in [1.807, 2.05) is 66.7 Å². The number of rotatable bonds is 3. The highest BCUT2D eigenvalue weighted by molar-refractivity contribution is 6.20. The first-order valence-electron chi connectivity index (χ1n) is 17.9. The molecule has 7 aromatic rings. The molecule has 0 spiro atoms. The molecular weight excluding hydrogens is 520 g/mol. The molecule has 0 bridgehead atoms. The van der Waals surface area contributed by atoms with Gasteiger partial charge in [0.15, 0.2) is 0 Å². The topological polar surface area (TPSA) is 9.23 Å². The Bertz CT molecular complexity index is 2600. The third-order valence-electron chi connectivity index (χ3n) is 8.64. The number of hydrogen-bond donors (Lipinski definition) is 0. The number of ether oxygens (including phenoxy) is 1. The second-order valence-electron chi connectivity index (χ2n) is 11.0. The van der Waals surface area contributed by atoms with E-state index in [1.54, 1.807) is 0 Å². The van der Waals surface area contributed by atoms with Gasteiger partial charge in [-0.05, 0) is 83.9 Å². The molecule has 0 aromatic heterocycles. The molecule has 0 fully saturated rings. The Balaban J connectivity index is 1.28. The van der Waals surface area contributed by atoms with Crippen LogP contribution in [0.1, 0.15) is 26.6 Å². The summed E-state index contributed by atoms with van der Waals surface area (Å²) in [6, 6.07) is 29.9. The molecule has 0 amide bonds. The van der Waals surface area contributed by atoms with E-state index in [-0.39, 0.29) is 52.5 Å². The van der Waals surface area contributed by atoms with Crippen LogP contribution >= 0.6 is 0 Å². The first kappa shape index (κ1) is 18.2. The summed E-state index contributed by atoms with van der Waals surface area (Å²) in [5, 5.41) is 3.24. The van der Waals surface area contributed by atoms with Crippen molar-refractivity contribution in [2.24, 2.45) is 0 Å². The number of benzene rings is 7. The van der Waals surface area contributed by atoms with Crippen molar-refractivity contribution in [3.05, 3.63) is 169 Å². The van der Waals surface area contributed by atoms with Crippen molar-refractivity contribution >= 4 is 37.9 Å². The molecule has 1 heterocycles. The van der Waals surface area contributed by atoms with Gasteiger partial charge >= 0.3 is 0 Å². The smallest absolute Gasteiger partial charge is 0.128 e. The molecule has 7 aromatic carbocycles. The third-order valence-corrected chi connectivity index (χ3v) is 8.64. The van der Waals surface area contributed by atoms with Crippen molar-refractivity contribution in [2.45, 2.75) is 12.0 Å². The summed E-state index contributed by atoms with van der Waals surface area (Å²) < 4.78 is 67.6. The fourth-order valence-electron chi connectivity index (χ4n) is 6.69.